The van der Waals surface area contributed by atoms with Crippen LogP contribution in [0.15, 0.2) is 42.5 Å². The van der Waals surface area contributed by atoms with Crippen molar-refractivity contribution in [1.29, 1.82) is 0 Å². The van der Waals surface area contributed by atoms with Crippen LogP contribution in [0.25, 0.3) is 11.1 Å². The van der Waals surface area contributed by atoms with E-state index in [1.807, 2.05) is 24.3 Å². The van der Waals surface area contributed by atoms with Crippen molar-refractivity contribution in [2.75, 3.05) is 0 Å². The molecule has 0 saturated carbocycles. The van der Waals surface area contributed by atoms with Crippen LogP contribution in [0.4, 0.5) is 8.78 Å². The van der Waals surface area contributed by atoms with Crippen LogP contribution in [0, 0.1) is 11.6 Å². The van der Waals surface area contributed by atoms with E-state index in [4.69, 9.17) is 4.43 Å². The first-order valence-electron chi connectivity index (χ1n) is 7.17. The van der Waals surface area contributed by atoms with E-state index in [1.165, 1.54) is 6.07 Å². The SMILES string of the molecule is CCC(CC)(O[SiH3])c1ccc(-c2ccc(F)c(F)c2)cc1. The third-order valence-corrected chi connectivity index (χ3v) is 4.98. The number of hydrogen-bond acceptors (Lipinski definition) is 1. The van der Waals surface area contributed by atoms with E-state index in [0.717, 1.165) is 30.0 Å². The third-order valence-electron chi connectivity index (χ3n) is 4.20. The Balaban J connectivity index is 2.36. The maximum atomic E-state index is 13.3. The Kier molecular flexibility index (Phi) is 4.90. The molecule has 0 aliphatic heterocycles. The molecule has 0 unspecified atom stereocenters. The fourth-order valence-corrected chi connectivity index (χ4v) is 3.52. The molecule has 2 aromatic carbocycles. The Morgan fingerprint density at radius 2 is 1.48 bits per heavy atom. The molecule has 0 saturated heterocycles. The standard InChI is InChI=1S/C17H20F2OSi/c1-3-17(4-2,20-21)14-8-5-12(6-9-14)13-7-10-15(18)16(19)11-13/h5-11H,3-4H2,1-2,21H3. The molecule has 0 N–H and O–H groups in total. The lowest BCUT2D eigenvalue weighted by molar-refractivity contribution is 0.0685. The van der Waals surface area contributed by atoms with Crippen molar-refractivity contribution in [2.45, 2.75) is 32.3 Å². The minimum absolute atomic E-state index is 0.223. The second kappa shape index (κ2) is 6.50. The van der Waals surface area contributed by atoms with Crippen molar-refractivity contribution in [3.05, 3.63) is 59.7 Å². The number of benzene rings is 2. The Morgan fingerprint density at radius 3 is 1.95 bits per heavy atom. The van der Waals surface area contributed by atoms with Crippen LogP contribution in [0.1, 0.15) is 32.3 Å². The summed E-state index contributed by atoms with van der Waals surface area (Å²) in [6.07, 6.45) is 1.83. The van der Waals surface area contributed by atoms with Gasteiger partial charge in [-0.05, 0) is 41.7 Å². The quantitative estimate of drug-likeness (QED) is 0.760. The molecule has 0 aliphatic carbocycles. The van der Waals surface area contributed by atoms with Crippen LogP contribution in [-0.4, -0.2) is 10.5 Å². The van der Waals surface area contributed by atoms with Crippen LogP contribution in [0.3, 0.4) is 0 Å². The molecule has 0 spiro atoms. The van der Waals surface area contributed by atoms with Crippen LogP contribution in [-0.2, 0) is 10.0 Å². The molecule has 112 valence electrons. The molecule has 0 atom stereocenters. The maximum Gasteiger partial charge on any atom is 0.159 e. The van der Waals surface area contributed by atoms with Gasteiger partial charge in [-0.1, -0.05) is 44.2 Å². The molecule has 21 heavy (non-hydrogen) atoms. The smallest absolute Gasteiger partial charge is 0.159 e. The van der Waals surface area contributed by atoms with Gasteiger partial charge in [-0.15, -0.1) is 0 Å². The summed E-state index contributed by atoms with van der Waals surface area (Å²) in [5.41, 5.74) is 2.45. The van der Waals surface area contributed by atoms with Crippen molar-refractivity contribution in [3.63, 3.8) is 0 Å². The molecule has 0 aromatic heterocycles. The second-order valence-electron chi connectivity index (χ2n) is 5.11. The Morgan fingerprint density at radius 1 is 0.905 bits per heavy atom. The number of halogens is 2. The number of hydrogen-bond donors (Lipinski definition) is 0. The molecule has 1 nitrogen and oxygen atoms in total. The molecule has 2 rings (SSSR count). The largest absolute Gasteiger partial charge is 0.418 e. The van der Waals surface area contributed by atoms with Gasteiger partial charge < -0.3 is 4.43 Å². The zero-order valence-electron chi connectivity index (χ0n) is 12.6. The van der Waals surface area contributed by atoms with Gasteiger partial charge in [-0.3, -0.25) is 0 Å². The lowest BCUT2D eigenvalue weighted by atomic mass is 9.87. The topological polar surface area (TPSA) is 9.23 Å². The monoisotopic (exact) mass is 306 g/mol. The fourth-order valence-electron chi connectivity index (χ4n) is 2.71. The average molecular weight is 306 g/mol. The second-order valence-corrected chi connectivity index (χ2v) is 5.52. The van der Waals surface area contributed by atoms with E-state index in [1.54, 1.807) is 6.07 Å². The Bertz CT molecular complexity index is 598. The highest BCUT2D eigenvalue weighted by atomic mass is 28.2. The van der Waals surface area contributed by atoms with Gasteiger partial charge in [0, 0.05) is 0 Å². The summed E-state index contributed by atoms with van der Waals surface area (Å²) in [5, 5.41) is 0. The van der Waals surface area contributed by atoms with Crippen LogP contribution >= 0.6 is 0 Å². The molecule has 0 aliphatic rings. The molecular formula is C17H20F2OSi. The average Bonchev–Trinajstić information content (AvgIpc) is 2.53. The molecule has 0 heterocycles. The summed E-state index contributed by atoms with van der Waals surface area (Å²) in [5.74, 6) is -1.65. The van der Waals surface area contributed by atoms with Gasteiger partial charge in [0.05, 0.1) is 5.60 Å². The lowest BCUT2D eigenvalue weighted by Gasteiger charge is -2.31. The van der Waals surface area contributed by atoms with Crippen LogP contribution in [0.5, 0.6) is 0 Å². The fraction of sp³-hybridized carbons (Fsp3) is 0.294. The molecule has 0 bridgehead atoms. The third kappa shape index (κ3) is 3.06. The first-order chi connectivity index (χ1) is 10.1. The van der Waals surface area contributed by atoms with Gasteiger partial charge in [0.2, 0.25) is 0 Å². The van der Waals surface area contributed by atoms with Crippen LogP contribution in [0.2, 0.25) is 0 Å². The van der Waals surface area contributed by atoms with Crippen molar-refractivity contribution >= 4 is 10.5 Å². The van der Waals surface area contributed by atoms with Crippen molar-refractivity contribution in [1.82, 2.24) is 0 Å². The van der Waals surface area contributed by atoms with E-state index in [-0.39, 0.29) is 5.60 Å². The highest BCUT2D eigenvalue weighted by molar-refractivity contribution is 5.98. The molecule has 0 radical (unpaired) electrons. The lowest BCUT2D eigenvalue weighted by Crippen LogP contribution is -2.27. The minimum Gasteiger partial charge on any atom is -0.418 e. The zero-order valence-corrected chi connectivity index (χ0v) is 14.6. The normalized spacial score (nSPS) is 11.8. The first-order valence-corrected chi connectivity index (χ1v) is 7.99. The van der Waals surface area contributed by atoms with Gasteiger partial charge in [0.15, 0.2) is 11.6 Å². The van der Waals surface area contributed by atoms with Gasteiger partial charge >= 0.3 is 0 Å². The zero-order chi connectivity index (χ0) is 15.5. The molecule has 0 fully saturated rings. The predicted octanol–water partition coefficient (Wildman–Crippen LogP) is 3.94. The summed E-state index contributed by atoms with van der Waals surface area (Å²) in [6, 6.07) is 11.9. The molecule has 2 aromatic rings. The number of rotatable bonds is 5. The first kappa shape index (κ1) is 15.9. The van der Waals surface area contributed by atoms with E-state index in [0.29, 0.717) is 16.0 Å². The van der Waals surface area contributed by atoms with Gasteiger partial charge in [0.25, 0.3) is 0 Å². The van der Waals surface area contributed by atoms with E-state index in [2.05, 4.69) is 13.8 Å². The van der Waals surface area contributed by atoms with Crippen molar-refractivity contribution in [2.24, 2.45) is 0 Å². The Labute approximate surface area is 127 Å². The van der Waals surface area contributed by atoms with Gasteiger partial charge in [-0.25, -0.2) is 8.78 Å². The summed E-state index contributed by atoms with van der Waals surface area (Å²) >= 11 is 0. The molecule has 0 amide bonds. The van der Waals surface area contributed by atoms with Gasteiger partial charge in [0.1, 0.15) is 10.5 Å². The molecular weight excluding hydrogens is 286 g/mol. The summed E-state index contributed by atoms with van der Waals surface area (Å²) in [4.78, 5) is 0. The van der Waals surface area contributed by atoms with E-state index < -0.39 is 11.6 Å². The highest BCUT2D eigenvalue weighted by Crippen LogP contribution is 2.33. The van der Waals surface area contributed by atoms with Gasteiger partial charge in [-0.2, -0.15) is 0 Å². The van der Waals surface area contributed by atoms with Crippen LogP contribution < -0.4 is 0 Å². The maximum absolute atomic E-state index is 13.3. The Hall–Kier alpha value is -1.52. The molecule has 4 heteroatoms. The van der Waals surface area contributed by atoms with E-state index >= 15 is 0 Å². The van der Waals surface area contributed by atoms with Crippen molar-refractivity contribution < 1.29 is 13.2 Å². The summed E-state index contributed by atoms with van der Waals surface area (Å²) in [6.45, 7) is 4.23. The highest BCUT2D eigenvalue weighted by Gasteiger charge is 2.26. The van der Waals surface area contributed by atoms with E-state index in [9.17, 15) is 8.78 Å². The summed E-state index contributed by atoms with van der Waals surface area (Å²) in [7, 11) is 0.681. The summed E-state index contributed by atoms with van der Waals surface area (Å²) < 4.78 is 32.1. The predicted molar refractivity (Wildman–Crippen MR) is 85.1 cm³/mol. The minimum atomic E-state index is -0.823. The van der Waals surface area contributed by atoms with Crippen molar-refractivity contribution in [3.8, 4) is 11.1 Å².